The monoisotopic (exact) mass is 185 g/mol. The Morgan fingerprint density at radius 1 is 0.923 bits per heavy atom. The van der Waals surface area contributed by atoms with E-state index in [0.717, 1.165) is 12.8 Å². The summed E-state index contributed by atoms with van der Waals surface area (Å²) in [5, 5.41) is 0. The number of imide groups is 1. The molecule has 0 radical (unpaired) electrons. The summed E-state index contributed by atoms with van der Waals surface area (Å²) in [5.74, 6) is -0.0769. The van der Waals surface area contributed by atoms with E-state index < -0.39 is 0 Å². The van der Waals surface area contributed by atoms with Gasteiger partial charge in [0.1, 0.15) is 0 Å². The zero-order valence-corrected chi connectivity index (χ0v) is 8.80. The van der Waals surface area contributed by atoms with E-state index >= 15 is 0 Å². The van der Waals surface area contributed by atoms with Gasteiger partial charge in [0.2, 0.25) is 11.8 Å². The van der Waals surface area contributed by atoms with Crippen molar-refractivity contribution in [2.24, 2.45) is 0 Å². The fourth-order valence-electron chi connectivity index (χ4n) is 1.19. The summed E-state index contributed by atoms with van der Waals surface area (Å²) in [6.07, 6.45) is 2.55. The third kappa shape index (κ3) is 4.06. The first-order chi connectivity index (χ1) is 6.17. The second kappa shape index (κ2) is 6.63. The number of rotatable bonds is 5. The van der Waals surface area contributed by atoms with Crippen LogP contribution in [-0.4, -0.2) is 23.3 Å². The van der Waals surface area contributed by atoms with E-state index in [4.69, 9.17) is 0 Å². The van der Waals surface area contributed by atoms with Crippen molar-refractivity contribution in [3.05, 3.63) is 0 Å². The fourth-order valence-corrected chi connectivity index (χ4v) is 1.19. The standard InChI is InChI=1S/C10H19NO2/c1-4-7-9(12)11(6-3)10(13)8-5-2/h4-8H2,1-3H3. The van der Waals surface area contributed by atoms with E-state index in [0.29, 0.717) is 19.4 Å². The van der Waals surface area contributed by atoms with Crippen molar-refractivity contribution in [2.75, 3.05) is 6.54 Å². The van der Waals surface area contributed by atoms with E-state index in [1.807, 2.05) is 20.8 Å². The molecule has 0 fully saturated rings. The predicted molar refractivity (Wildman–Crippen MR) is 52.2 cm³/mol. The van der Waals surface area contributed by atoms with Crippen LogP contribution in [0.2, 0.25) is 0 Å². The summed E-state index contributed by atoms with van der Waals surface area (Å²) < 4.78 is 0. The molecule has 0 saturated carbocycles. The van der Waals surface area contributed by atoms with Crippen molar-refractivity contribution in [1.29, 1.82) is 0 Å². The Labute approximate surface area is 80.1 Å². The Kier molecular flexibility index (Phi) is 6.20. The third-order valence-corrected chi connectivity index (χ3v) is 1.85. The highest BCUT2D eigenvalue weighted by Crippen LogP contribution is 2.02. The molecule has 76 valence electrons. The normalized spacial score (nSPS) is 9.77. The summed E-state index contributed by atoms with van der Waals surface area (Å²) in [7, 11) is 0. The maximum Gasteiger partial charge on any atom is 0.229 e. The van der Waals surface area contributed by atoms with Crippen LogP contribution in [0.5, 0.6) is 0 Å². The van der Waals surface area contributed by atoms with E-state index in [2.05, 4.69) is 0 Å². The minimum absolute atomic E-state index is 0.0385. The number of nitrogens with zero attached hydrogens (tertiary/aromatic N) is 1. The number of hydrogen-bond acceptors (Lipinski definition) is 2. The highest BCUT2D eigenvalue weighted by molar-refractivity contribution is 5.95. The zero-order chi connectivity index (χ0) is 10.3. The first-order valence-electron chi connectivity index (χ1n) is 5.00. The molecule has 3 heteroatoms. The van der Waals surface area contributed by atoms with Crippen molar-refractivity contribution in [2.45, 2.75) is 46.5 Å². The summed E-state index contributed by atoms with van der Waals surface area (Å²) in [4.78, 5) is 24.1. The molecule has 0 bridgehead atoms. The van der Waals surface area contributed by atoms with Gasteiger partial charge in [-0.05, 0) is 19.8 Å². The minimum atomic E-state index is -0.0385. The molecule has 0 atom stereocenters. The van der Waals surface area contributed by atoms with Crippen molar-refractivity contribution in [3.8, 4) is 0 Å². The van der Waals surface area contributed by atoms with Crippen molar-refractivity contribution < 1.29 is 9.59 Å². The number of carbonyl (C=O) groups excluding carboxylic acids is 2. The van der Waals surface area contributed by atoms with Gasteiger partial charge in [0.25, 0.3) is 0 Å². The molecule has 0 spiro atoms. The molecule has 13 heavy (non-hydrogen) atoms. The second-order valence-electron chi connectivity index (χ2n) is 3.03. The van der Waals surface area contributed by atoms with E-state index in [9.17, 15) is 9.59 Å². The number of carbonyl (C=O) groups is 2. The lowest BCUT2D eigenvalue weighted by atomic mass is 10.2. The molecule has 0 aromatic heterocycles. The quantitative estimate of drug-likeness (QED) is 0.656. The summed E-state index contributed by atoms with van der Waals surface area (Å²) in [6.45, 7) is 6.21. The Bertz CT molecular complexity index is 160. The van der Waals surface area contributed by atoms with Crippen LogP contribution < -0.4 is 0 Å². The molecule has 0 N–H and O–H groups in total. The first kappa shape index (κ1) is 12.1. The van der Waals surface area contributed by atoms with Crippen LogP contribution in [0.25, 0.3) is 0 Å². The van der Waals surface area contributed by atoms with Gasteiger partial charge in [-0.2, -0.15) is 0 Å². The lowest BCUT2D eigenvalue weighted by Crippen LogP contribution is -2.36. The van der Waals surface area contributed by atoms with Gasteiger partial charge in [-0.25, -0.2) is 0 Å². The third-order valence-electron chi connectivity index (χ3n) is 1.85. The molecule has 2 amide bonds. The molecule has 0 aliphatic carbocycles. The second-order valence-corrected chi connectivity index (χ2v) is 3.03. The van der Waals surface area contributed by atoms with Gasteiger partial charge in [-0.15, -0.1) is 0 Å². The maximum atomic E-state index is 11.4. The Hall–Kier alpha value is -0.860. The molecule has 0 aliphatic rings. The van der Waals surface area contributed by atoms with E-state index in [1.165, 1.54) is 4.90 Å². The molecule has 3 nitrogen and oxygen atoms in total. The van der Waals surface area contributed by atoms with E-state index in [1.54, 1.807) is 0 Å². The first-order valence-corrected chi connectivity index (χ1v) is 5.00. The molecule has 0 rings (SSSR count). The van der Waals surface area contributed by atoms with Crippen LogP contribution in [0.15, 0.2) is 0 Å². The van der Waals surface area contributed by atoms with Crippen molar-refractivity contribution >= 4 is 11.8 Å². The van der Waals surface area contributed by atoms with Crippen LogP contribution in [0.1, 0.15) is 46.5 Å². The topological polar surface area (TPSA) is 37.4 Å². The van der Waals surface area contributed by atoms with Crippen LogP contribution in [-0.2, 0) is 9.59 Å². The average Bonchev–Trinajstić information content (AvgIpc) is 2.06. The van der Waals surface area contributed by atoms with Gasteiger partial charge in [0.15, 0.2) is 0 Å². The van der Waals surface area contributed by atoms with Gasteiger partial charge in [-0.1, -0.05) is 13.8 Å². The molecule has 0 heterocycles. The van der Waals surface area contributed by atoms with Gasteiger partial charge >= 0.3 is 0 Å². The molecular formula is C10H19NO2. The Balaban J connectivity index is 4.15. The smallest absolute Gasteiger partial charge is 0.229 e. The summed E-state index contributed by atoms with van der Waals surface area (Å²) >= 11 is 0. The average molecular weight is 185 g/mol. The van der Waals surface area contributed by atoms with Crippen LogP contribution in [0.4, 0.5) is 0 Å². The molecule has 0 aromatic rings. The van der Waals surface area contributed by atoms with Crippen LogP contribution in [0.3, 0.4) is 0 Å². The summed E-state index contributed by atoms with van der Waals surface area (Å²) in [5.41, 5.74) is 0. The lowest BCUT2D eigenvalue weighted by Gasteiger charge is -2.18. The van der Waals surface area contributed by atoms with Gasteiger partial charge in [0.05, 0.1) is 0 Å². The highest BCUT2D eigenvalue weighted by Gasteiger charge is 2.16. The fraction of sp³-hybridized carbons (Fsp3) is 0.800. The van der Waals surface area contributed by atoms with Crippen molar-refractivity contribution in [3.63, 3.8) is 0 Å². The zero-order valence-electron chi connectivity index (χ0n) is 8.80. The Morgan fingerprint density at radius 3 is 1.54 bits per heavy atom. The van der Waals surface area contributed by atoms with E-state index in [-0.39, 0.29) is 11.8 Å². The SMILES string of the molecule is CCCC(=O)N(CC)C(=O)CCC. The molecular weight excluding hydrogens is 166 g/mol. The maximum absolute atomic E-state index is 11.4. The number of amides is 2. The predicted octanol–water partition coefficient (Wildman–Crippen LogP) is 1.96. The number of hydrogen-bond donors (Lipinski definition) is 0. The highest BCUT2D eigenvalue weighted by atomic mass is 16.2. The van der Waals surface area contributed by atoms with Crippen LogP contribution in [0, 0.1) is 0 Å². The minimum Gasteiger partial charge on any atom is -0.283 e. The summed E-state index contributed by atoms with van der Waals surface area (Å²) in [6, 6.07) is 0. The lowest BCUT2D eigenvalue weighted by molar-refractivity contribution is -0.144. The molecule has 0 aliphatic heterocycles. The Morgan fingerprint density at radius 2 is 1.31 bits per heavy atom. The largest absolute Gasteiger partial charge is 0.283 e. The molecule has 0 aromatic carbocycles. The van der Waals surface area contributed by atoms with Crippen LogP contribution >= 0.6 is 0 Å². The van der Waals surface area contributed by atoms with Gasteiger partial charge in [-0.3, -0.25) is 14.5 Å². The molecule has 0 unspecified atom stereocenters. The van der Waals surface area contributed by atoms with Gasteiger partial charge in [0, 0.05) is 19.4 Å². The molecule has 0 saturated heterocycles. The van der Waals surface area contributed by atoms with Gasteiger partial charge < -0.3 is 0 Å². The van der Waals surface area contributed by atoms with Crippen molar-refractivity contribution in [1.82, 2.24) is 4.90 Å².